The van der Waals surface area contributed by atoms with Gasteiger partial charge in [-0.2, -0.15) is 0 Å². The lowest BCUT2D eigenvalue weighted by Gasteiger charge is -2.36. The lowest BCUT2D eigenvalue weighted by molar-refractivity contribution is -0.134. The number of rotatable bonds is 4. The zero-order chi connectivity index (χ0) is 14.6. The van der Waals surface area contributed by atoms with Crippen LogP contribution in [0.1, 0.15) is 25.8 Å². The standard InChI is InChI=1S/C16H25N3O/c1-16(2,17)12-15(20)19-10-8-18(9-11-19)13-14-6-4-3-5-7-14/h3-7H,8-13,17H2,1-2H3. The van der Waals surface area contributed by atoms with Gasteiger partial charge < -0.3 is 10.6 Å². The van der Waals surface area contributed by atoms with Gasteiger partial charge in [0.15, 0.2) is 0 Å². The Labute approximate surface area is 121 Å². The molecule has 0 aromatic heterocycles. The van der Waals surface area contributed by atoms with Gasteiger partial charge in [0.25, 0.3) is 0 Å². The average molecular weight is 275 g/mol. The van der Waals surface area contributed by atoms with Gasteiger partial charge in [-0.25, -0.2) is 0 Å². The molecule has 1 amide bonds. The lowest BCUT2D eigenvalue weighted by Crippen LogP contribution is -2.50. The molecular formula is C16H25N3O. The Bertz CT molecular complexity index is 431. The Kier molecular flexibility index (Phi) is 4.78. The van der Waals surface area contributed by atoms with E-state index in [0.717, 1.165) is 32.7 Å². The van der Waals surface area contributed by atoms with Crippen molar-refractivity contribution in [2.24, 2.45) is 5.73 Å². The van der Waals surface area contributed by atoms with Crippen LogP contribution in [0, 0.1) is 0 Å². The van der Waals surface area contributed by atoms with Crippen LogP contribution in [0.5, 0.6) is 0 Å². The summed E-state index contributed by atoms with van der Waals surface area (Å²) in [6, 6.07) is 10.5. The molecular weight excluding hydrogens is 250 g/mol. The number of nitrogens with two attached hydrogens (primary N) is 1. The molecule has 1 saturated heterocycles. The number of nitrogens with zero attached hydrogens (tertiary/aromatic N) is 2. The van der Waals surface area contributed by atoms with Gasteiger partial charge >= 0.3 is 0 Å². The Morgan fingerprint density at radius 1 is 1.15 bits per heavy atom. The molecule has 0 radical (unpaired) electrons. The predicted octanol–water partition coefficient (Wildman–Crippen LogP) is 1.46. The van der Waals surface area contributed by atoms with E-state index in [4.69, 9.17) is 5.73 Å². The highest BCUT2D eigenvalue weighted by molar-refractivity contribution is 5.77. The van der Waals surface area contributed by atoms with Crippen LogP contribution in [0.25, 0.3) is 0 Å². The summed E-state index contributed by atoms with van der Waals surface area (Å²) in [6.07, 6.45) is 0.422. The van der Waals surface area contributed by atoms with Crippen LogP contribution in [0.4, 0.5) is 0 Å². The van der Waals surface area contributed by atoms with Crippen LogP contribution in [0.15, 0.2) is 30.3 Å². The van der Waals surface area contributed by atoms with Gasteiger partial charge in [-0.1, -0.05) is 30.3 Å². The molecule has 0 atom stereocenters. The Hall–Kier alpha value is -1.39. The maximum atomic E-state index is 12.1. The Morgan fingerprint density at radius 3 is 2.30 bits per heavy atom. The van der Waals surface area contributed by atoms with Crippen LogP contribution in [0.3, 0.4) is 0 Å². The minimum absolute atomic E-state index is 0.178. The molecule has 0 aliphatic carbocycles. The minimum Gasteiger partial charge on any atom is -0.340 e. The first-order valence-corrected chi connectivity index (χ1v) is 7.27. The molecule has 0 bridgehead atoms. The highest BCUT2D eigenvalue weighted by Crippen LogP contribution is 2.12. The summed E-state index contributed by atoms with van der Waals surface area (Å²) < 4.78 is 0. The first-order chi connectivity index (χ1) is 9.44. The number of hydrogen-bond donors (Lipinski definition) is 1. The topological polar surface area (TPSA) is 49.6 Å². The number of amides is 1. The zero-order valence-corrected chi connectivity index (χ0v) is 12.5. The van der Waals surface area contributed by atoms with Gasteiger partial charge in [0, 0.05) is 44.7 Å². The molecule has 2 rings (SSSR count). The van der Waals surface area contributed by atoms with Crippen molar-refractivity contribution >= 4 is 5.91 Å². The van der Waals surface area contributed by atoms with E-state index in [2.05, 4.69) is 29.2 Å². The monoisotopic (exact) mass is 275 g/mol. The van der Waals surface area contributed by atoms with Crippen LogP contribution >= 0.6 is 0 Å². The van der Waals surface area contributed by atoms with Gasteiger partial charge in [-0.15, -0.1) is 0 Å². The van der Waals surface area contributed by atoms with Gasteiger partial charge in [0.2, 0.25) is 5.91 Å². The van der Waals surface area contributed by atoms with E-state index < -0.39 is 5.54 Å². The molecule has 110 valence electrons. The van der Waals surface area contributed by atoms with E-state index in [9.17, 15) is 4.79 Å². The number of piperazine rings is 1. The number of benzene rings is 1. The summed E-state index contributed by atoms with van der Waals surface area (Å²) in [6.45, 7) is 8.25. The average Bonchev–Trinajstić information content (AvgIpc) is 2.39. The molecule has 0 saturated carbocycles. The third-order valence-corrected chi connectivity index (χ3v) is 3.58. The molecule has 1 aliphatic rings. The van der Waals surface area contributed by atoms with E-state index in [1.807, 2.05) is 24.8 Å². The molecule has 0 unspecified atom stereocenters. The predicted molar refractivity (Wildman–Crippen MR) is 81.2 cm³/mol. The first kappa shape index (κ1) is 15.0. The second-order valence-electron chi connectivity index (χ2n) is 6.31. The fourth-order valence-corrected chi connectivity index (χ4v) is 2.50. The first-order valence-electron chi connectivity index (χ1n) is 7.27. The van der Waals surface area contributed by atoms with Crippen molar-refractivity contribution in [3.05, 3.63) is 35.9 Å². The molecule has 1 fully saturated rings. The van der Waals surface area contributed by atoms with Crippen LogP contribution in [-0.4, -0.2) is 47.4 Å². The van der Waals surface area contributed by atoms with Gasteiger partial charge in [-0.05, 0) is 19.4 Å². The van der Waals surface area contributed by atoms with Crippen molar-refractivity contribution in [3.8, 4) is 0 Å². The van der Waals surface area contributed by atoms with E-state index in [1.165, 1.54) is 5.56 Å². The van der Waals surface area contributed by atoms with E-state index in [1.54, 1.807) is 0 Å². The second kappa shape index (κ2) is 6.37. The maximum Gasteiger partial charge on any atom is 0.224 e. The van der Waals surface area contributed by atoms with Gasteiger partial charge in [0.1, 0.15) is 0 Å². The number of carbonyl (C=O) groups excluding carboxylic acids is 1. The molecule has 4 nitrogen and oxygen atoms in total. The molecule has 1 heterocycles. The van der Waals surface area contributed by atoms with E-state index >= 15 is 0 Å². The summed E-state index contributed by atoms with van der Waals surface area (Å²) in [5, 5.41) is 0. The van der Waals surface area contributed by atoms with Crippen LogP contribution in [-0.2, 0) is 11.3 Å². The van der Waals surface area contributed by atoms with Crippen LogP contribution < -0.4 is 5.73 Å². The Morgan fingerprint density at radius 2 is 1.75 bits per heavy atom. The molecule has 1 aromatic rings. The van der Waals surface area contributed by atoms with Gasteiger partial charge in [0.05, 0.1) is 0 Å². The maximum absolute atomic E-state index is 12.1. The zero-order valence-electron chi connectivity index (χ0n) is 12.5. The minimum atomic E-state index is -0.418. The lowest BCUT2D eigenvalue weighted by atomic mass is 10.0. The summed E-state index contributed by atoms with van der Waals surface area (Å²) >= 11 is 0. The summed E-state index contributed by atoms with van der Waals surface area (Å²) in [5.74, 6) is 0.178. The third kappa shape index (κ3) is 4.62. The van der Waals surface area contributed by atoms with Crippen molar-refractivity contribution in [1.29, 1.82) is 0 Å². The molecule has 4 heteroatoms. The van der Waals surface area contributed by atoms with Crippen molar-refractivity contribution in [3.63, 3.8) is 0 Å². The summed E-state index contributed by atoms with van der Waals surface area (Å²) in [5.41, 5.74) is 6.83. The molecule has 2 N–H and O–H groups in total. The third-order valence-electron chi connectivity index (χ3n) is 3.58. The summed E-state index contributed by atoms with van der Waals surface area (Å²) in [7, 11) is 0. The normalized spacial score (nSPS) is 17.2. The van der Waals surface area contributed by atoms with Crippen molar-refractivity contribution in [1.82, 2.24) is 9.80 Å². The molecule has 0 spiro atoms. The quantitative estimate of drug-likeness (QED) is 0.905. The fraction of sp³-hybridized carbons (Fsp3) is 0.562. The second-order valence-corrected chi connectivity index (χ2v) is 6.31. The molecule has 20 heavy (non-hydrogen) atoms. The highest BCUT2D eigenvalue weighted by Gasteiger charge is 2.24. The number of hydrogen-bond acceptors (Lipinski definition) is 3. The van der Waals surface area contributed by atoms with Crippen LogP contribution in [0.2, 0.25) is 0 Å². The molecule has 1 aromatic carbocycles. The van der Waals surface area contributed by atoms with E-state index in [0.29, 0.717) is 6.42 Å². The number of carbonyl (C=O) groups is 1. The van der Waals surface area contributed by atoms with Gasteiger partial charge in [-0.3, -0.25) is 9.69 Å². The highest BCUT2D eigenvalue weighted by atomic mass is 16.2. The van der Waals surface area contributed by atoms with Crippen molar-refractivity contribution < 1.29 is 4.79 Å². The van der Waals surface area contributed by atoms with Crippen molar-refractivity contribution in [2.75, 3.05) is 26.2 Å². The largest absolute Gasteiger partial charge is 0.340 e. The smallest absolute Gasteiger partial charge is 0.224 e. The Balaban J connectivity index is 1.79. The molecule has 1 aliphatic heterocycles. The SMILES string of the molecule is CC(C)(N)CC(=O)N1CCN(Cc2ccccc2)CC1. The van der Waals surface area contributed by atoms with Crippen molar-refractivity contribution in [2.45, 2.75) is 32.4 Å². The fourth-order valence-electron chi connectivity index (χ4n) is 2.50. The summed E-state index contributed by atoms with van der Waals surface area (Å²) in [4.78, 5) is 16.4. The van der Waals surface area contributed by atoms with E-state index in [-0.39, 0.29) is 5.91 Å².